The molecule has 1 atom stereocenters. The molecule has 0 aromatic carbocycles. The molecule has 0 aliphatic rings. The summed E-state index contributed by atoms with van der Waals surface area (Å²) in [5.74, 6) is 1.07. The lowest BCUT2D eigenvalue weighted by Crippen LogP contribution is -1.86. The van der Waals surface area contributed by atoms with Crippen molar-refractivity contribution in [2.45, 2.75) is 0 Å². The summed E-state index contributed by atoms with van der Waals surface area (Å²) in [6.07, 6.45) is 4.54. The van der Waals surface area contributed by atoms with Crippen LogP contribution in [0.3, 0.4) is 0 Å². The molecule has 2 nitrogen and oxygen atoms in total. The molecule has 0 heterocycles. The Kier molecular flexibility index (Phi) is 2.44. The number of hydrogen-bond acceptors (Lipinski definition) is 2. The van der Waals surface area contributed by atoms with Gasteiger partial charge in [-0.2, -0.15) is 0 Å². The van der Waals surface area contributed by atoms with Crippen LogP contribution in [0.1, 0.15) is 0 Å². The van der Waals surface area contributed by atoms with Crippen molar-refractivity contribution in [3.05, 3.63) is 0 Å². The van der Waals surface area contributed by atoms with E-state index in [0.29, 0.717) is 0 Å². The highest BCUT2D eigenvalue weighted by Crippen LogP contribution is 1.81. The molecule has 32 valence electrons. The Morgan fingerprint density at radius 2 is 2.50 bits per heavy atom. The van der Waals surface area contributed by atoms with E-state index in [1.54, 1.807) is 15.4 Å². The van der Waals surface area contributed by atoms with Crippen molar-refractivity contribution >= 4 is 15.4 Å². The van der Waals surface area contributed by atoms with Crippen molar-refractivity contribution in [3.63, 3.8) is 0 Å². The van der Waals surface area contributed by atoms with E-state index < -0.39 is 5.97 Å². The van der Waals surface area contributed by atoms with Gasteiger partial charge in [0.25, 0.3) is 0 Å². The van der Waals surface area contributed by atoms with E-state index >= 15 is 0 Å². The Bertz CT molecular complexity index is 91.5. The van der Waals surface area contributed by atoms with Gasteiger partial charge in [-0.3, -0.25) is 0 Å². The molecule has 0 bridgehead atoms. The normalized spacial score (nSPS) is 6.00. The fourth-order valence-corrected chi connectivity index (χ4v) is 0.102. The van der Waals surface area contributed by atoms with Gasteiger partial charge in [0.05, 0.1) is 9.47 Å². The maximum absolute atomic E-state index is 9.70. The molecule has 6 heavy (non-hydrogen) atoms. The van der Waals surface area contributed by atoms with Gasteiger partial charge in [0.2, 0.25) is 0 Å². The minimum atomic E-state index is -0.667. The molecule has 0 aliphatic heterocycles. The lowest BCUT2D eigenvalue weighted by atomic mass is 10.7. The quantitative estimate of drug-likeness (QED) is 0.316. The van der Waals surface area contributed by atoms with Crippen molar-refractivity contribution in [2.24, 2.45) is 0 Å². The first kappa shape index (κ1) is 5.46. The van der Waals surface area contributed by atoms with Crippen molar-refractivity contribution in [1.82, 2.24) is 0 Å². The highest BCUT2D eigenvalue weighted by Gasteiger charge is 1.83. The third kappa shape index (κ3) is 1.75. The SMILES string of the molecule is C#CC(=O)OP. The highest BCUT2D eigenvalue weighted by atomic mass is 31.0. The zero-order valence-electron chi connectivity index (χ0n) is 2.97. The Labute approximate surface area is 38.2 Å². The van der Waals surface area contributed by atoms with Crippen LogP contribution < -0.4 is 0 Å². The van der Waals surface area contributed by atoms with E-state index in [1.165, 1.54) is 0 Å². The summed E-state index contributed by atoms with van der Waals surface area (Å²) in [7, 11) is 1.75. The van der Waals surface area contributed by atoms with E-state index in [0.717, 1.165) is 0 Å². The van der Waals surface area contributed by atoms with E-state index in [-0.39, 0.29) is 0 Å². The second kappa shape index (κ2) is 2.68. The second-order valence-corrected chi connectivity index (χ2v) is 0.785. The lowest BCUT2D eigenvalue weighted by Gasteiger charge is -1.79. The van der Waals surface area contributed by atoms with Crippen molar-refractivity contribution in [3.8, 4) is 12.3 Å². The first-order valence-electron chi connectivity index (χ1n) is 1.18. The Balaban J connectivity index is 3.33. The summed E-state index contributed by atoms with van der Waals surface area (Å²) in [6, 6.07) is 0. The fourth-order valence-electron chi connectivity index (χ4n) is 0.0340. The van der Waals surface area contributed by atoms with E-state index in [1.807, 2.05) is 0 Å². The van der Waals surface area contributed by atoms with Crippen LogP contribution in [0, 0.1) is 12.3 Å². The van der Waals surface area contributed by atoms with Crippen LogP contribution in [-0.4, -0.2) is 5.97 Å². The first-order valence-corrected chi connectivity index (χ1v) is 1.65. The van der Waals surface area contributed by atoms with Crippen molar-refractivity contribution in [2.75, 3.05) is 0 Å². The molecule has 0 N–H and O–H groups in total. The van der Waals surface area contributed by atoms with Crippen LogP contribution in [0.25, 0.3) is 0 Å². The summed E-state index contributed by atoms with van der Waals surface area (Å²) < 4.78 is 3.94. The molecule has 0 aromatic heterocycles. The van der Waals surface area contributed by atoms with Crippen LogP contribution in [-0.2, 0) is 9.32 Å². The van der Waals surface area contributed by atoms with Gasteiger partial charge in [0.15, 0.2) is 0 Å². The largest absolute Gasteiger partial charge is 0.442 e. The lowest BCUT2D eigenvalue weighted by molar-refractivity contribution is -0.126. The van der Waals surface area contributed by atoms with Gasteiger partial charge in [0.1, 0.15) is 0 Å². The molecule has 0 aromatic rings. The molecule has 1 unspecified atom stereocenters. The fraction of sp³-hybridized carbons (Fsp3) is 0. The van der Waals surface area contributed by atoms with E-state index in [4.69, 9.17) is 0 Å². The van der Waals surface area contributed by atoms with Crippen molar-refractivity contribution < 1.29 is 9.32 Å². The van der Waals surface area contributed by atoms with Gasteiger partial charge in [-0.15, -0.1) is 6.42 Å². The van der Waals surface area contributed by atoms with Gasteiger partial charge in [-0.25, -0.2) is 4.79 Å². The molecule has 0 spiro atoms. The summed E-state index contributed by atoms with van der Waals surface area (Å²) >= 11 is 0. The molecule has 0 rings (SSSR count). The maximum Gasteiger partial charge on any atom is 0.386 e. The first-order chi connectivity index (χ1) is 2.81. The minimum Gasteiger partial charge on any atom is -0.442 e. The van der Waals surface area contributed by atoms with E-state index in [9.17, 15) is 4.79 Å². The molecular weight excluding hydrogens is 99.0 g/mol. The Morgan fingerprint density at radius 1 is 2.00 bits per heavy atom. The Hall–Kier alpha value is -0.540. The summed E-state index contributed by atoms with van der Waals surface area (Å²) in [5.41, 5.74) is 0. The van der Waals surface area contributed by atoms with Crippen LogP contribution in [0.4, 0.5) is 0 Å². The molecule has 0 radical (unpaired) electrons. The summed E-state index contributed by atoms with van der Waals surface area (Å²) in [6.45, 7) is 0. The second-order valence-electron chi connectivity index (χ2n) is 0.550. The number of hydrogen-bond donors (Lipinski definition) is 0. The predicted octanol–water partition coefficient (Wildman–Crippen LogP) is -0.0471. The number of rotatable bonds is 0. The number of terminal acetylenes is 1. The molecule has 3 heteroatoms. The maximum atomic E-state index is 9.70. The van der Waals surface area contributed by atoms with Crippen LogP contribution in [0.5, 0.6) is 0 Å². The standard InChI is InChI=1S/C3H3O2P/c1-2-3(4)5-6/h1H,6H2. The third-order valence-electron chi connectivity index (χ3n) is 0.225. The Morgan fingerprint density at radius 3 is 2.50 bits per heavy atom. The predicted molar refractivity (Wildman–Crippen MR) is 24.6 cm³/mol. The number of carbonyl (C=O) groups is 1. The molecular formula is C3H3O2P. The van der Waals surface area contributed by atoms with Gasteiger partial charge < -0.3 is 4.52 Å². The highest BCUT2D eigenvalue weighted by molar-refractivity contribution is 7.10. The van der Waals surface area contributed by atoms with Gasteiger partial charge in [-0.05, 0) is 0 Å². The molecule has 0 saturated carbocycles. The smallest absolute Gasteiger partial charge is 0.386 e. The van der Waals surface area contributed by atoms with Crippen molar-refractivity contribution in [1.29, 1.82) is 0 Å². The third-order valence-corrected chi connectivity index (χ3v) is 0.439. The van der Waals surface area contributed by atoms with Gasteiger partial charge in [0, 0.05) is 5.92 Å². The summed E-state index contributed by atoms with van der Waals surface area (Å²) in [4.78, 5) is 9.70. The minimum absolute atomic E-state index is 0.667. The monoisotopic (exact) mass is 102 g/mol. The van der Waals surface area contributed by atoms with Crippen LogP contribution in [0.2, 0.25) is 0 Å². The van der Waals surface area contributed by atoms with Crippen LogP contribution >= 0.6 is 9.47 Å². The van der Waals surface area contributed by atoms with Crippen LogP contribution in [0.15, 0.2) is 0 Å². The zero-order chi connectivity index (χ0) is 4.99. The topological polar surface area (TPSA) is 26.3 Å². The van der Waals surface area contributed by atoms with Gasteiger partial charge in [-0.1, -0.05) is 0 Å². The number of carbonyl (C=O) groups excluding carboxylic acids is 1. The molecule has 0 fully saturated rings. The molecule has 0 aliphatic carbocycles. The average molecular weight is 102 g/mol. The van der Waals surface area contributed by atoms with E-state index in [2.05, 4.69) is 10.9 Å². The summed E-state index contributed by atoms with van der Waals surface area (Å²) in [5, 5.41) is 0. The van der Waals surface area contributed by atoms with Gasteiger partial charge >= 0.3 is 5.97 Å². The molecule has 0 amide bonds. The average Bonchev–Trinajstić information content (AvgIpc) is 1.65. The zero-order valence-corrected chi connectivity index (χ0v) is 4.13. The molecule has 0 saturated heterocycles.